The molecule has 18 heavy (non-hydrogen) atoms. The van der Waals surface area contributed by atoms with Gasteiger partial charge in [0.05, 0.1) is 6.10 Å². The Labute approximate surface area is 108 Å². The standard InChI is InChI=1S/C13H22N4O/c1-17(11-4-2-3-5-12(11)18)9-10-6-7-15-13(8-10)16-14/h6-8,11-12,18H,2-5,9,14H2,1H3,(H,15,16). The van der Waals surface area contributed by atoms with Crippen molar-refractivity contribution in [3.63, 3.8) is 0 Å². The topological polar surface area (TPSA) is 74.4 Å². The SMILES string of the molecule is CN(Cc1ccnc(NN)c1)C1CCCCC1O. The lowest BCUT2D eigenvalue weighted by atomic mass is 9.91. The molecule has 0 radical (unpaired) electrons. The highest BCUT2D eigenvalue weighted by Gasteiger charge is 2.26. The van der Waals surface area contributed by atoms with E-state index in [1.807, 2.05) is 12.1 Å². The summed E-state index contributed by atoms with van der Waals surface area (Å²) < 4.78 is 0. The zero-order chi connectivity index (χ0) is 13.0. The minimum absolute atomic E-state index is 0.197. The van der Waals surface area contributed by atoms with Crippen LogP contribution in [0.5, 0.6) is 0 Å². The molecule has 0 amide bonds. The predicted molar refractivity (Wildman–Crippen MR) is 71.8 cm³/mol. The molecule has 1 aliphatic rings. The second-order valence-corrected chi connectivity index (χ2v) is 5.03. The highest BCUT2D eigenvalue weighted by molar-refractivity contribution is 5.35. The van der Waals surface area contributed by atoms with E-state index in [4.69, 9.17) is 5.84 Å². The Morgan fingerprint density at radius 2 is 2.28 bits per heavy atom. The smallest absolute Gasteiger partial charge is 0.140 e. The van der Waals surface area contributed by atoms with Crippen LogP contribution in [-0.4, -0.2) is 34.2 Å². The largest absolute Gasteiger partial charge is 0.391 e. The summed E-state index contributed by atoms with van der Waals surface area (Å²) in [5.74, 6) is 6.02. The summed E-state index contributed by atoms with van der Waals surface area (Å²) in [5.41, 5.74) is 3.70. The Kier molecular flexibility index (Phi) is 4.52. The van der Waals surface area contributed by atoms with Gasteiger partial charge in [-0.1, -0.05) is 12.8 Å². The van der Waals surface area contributed by atoms with Gasteiger partial charge in [0.1, 0.15) is 5.82 Å². The van der Waals surface area contributed by atoms with E-state index in [9.17, 15) is 5.11 Å². The molecule has 100 valence electrons. The van der Waals surface area contributed by atoms with Gasteiger partial charge >= 0.3 is 0 Å². The number of likely N-dealkylation sites (N-methyl/N-ethyl adjacent to an activating group) is 1. The van der Waals surface area contributed by atoms with E-state index in [0.29, 0.717) is 5.82 Å². The third kappa shape index (κ3) is 3.19. The van der Waals surface area contributed by atoms with Crippen molar-refractivity contribution in [3.8, 4) is 0 Å². The molecule has 1 aromatic rings. The van der Waals surface area contributed by atoms with Crippen LogP contribution in [0.15, 0.2) is 18.3 Å². The van der Waals surface area contributed by atoms with Crippen molar-refractivity contribution in [2.75, 3.05) is 12.5 Å². The maximum Gasteiger partial charge on any atom is 0.140 e. The Morgan fingerprint density at radius 1 is 1.50 bits per heavy atom. The van der Waals surface area contributed by atoms with E-state index in [1.165, 1.54) is 6.42 Å². The monoisotopic (exact) mass is 250 g/mol. The molecule has 0 aliphatic heterocycles. The number of nitrogens with zero attached hydrogens (tertiary/aromatic N) is 2. The lowest BCUT2D eigenvalue weighted by molar-refractivity contribution is 0.0288. The number of hydrogen-bond acceptors (Lipinski definition) is 5. The molecule has 1 saturated carbocycles. The number of pyridine rings is 1. The summed E-state index contributed by atoms with van der Waals surface area (Å²) in [6, 6.07) is 4.18. The number of nitrogens with two attached hydrogens (primary N) is 1. The number of anilines is 1. The van der Waals surface area contributed by atoms with Gasteiger partial charge < -0.3 is 10.5 Å². The molecule has 0 saturated heterocycles. The Balaban J connectivity index is 1.98. The molecule has 1 fully saturated rings. The maximum absolute atomic E-state index is 10.0. The first-order valence-corrected chi connectivity index (χ1v) is 6.50. The first-order valence-electron chi connectivity index (χ1n) is 6.50. The van der Waals surface area contributed by atoms with Gasteiger partial charge in [0.15, 0.2) is 0 Å². The molecule has 5 heteroatoms. The fourth-order valence-electron chi connectivity index (χ4n) is 2.66. The Hall–Kier alpha value is -1.17. The molecule has 2 atom stereocenters. The van der Waals surface area contributed by atoms with Crippen LogP contribution in [0.2, 0.25) is 0 Å². The molecular formula is C13H22N4O. The molecule has 1 aromatic heterocycles. The normalized spacial score (nSPS) is 24.2. The zero-order valence-electron chi connectivity index (χ0n) is 10.8. The Bertz CT molecular complexity index is 385. The minimum Gasteiger partial charge on any atom is -0.391 e. The second kappa shape index (κ2) is 6.13. The van der Waals surface area contributed by atoms with E-state index in [0.717, 1.165) is 31.4 Å². The maximum atomic E-state index is 10.0. The van der Waals surface area contributed by atoms with Gasteiger partial charge in [-0.25, -0.2) is 10.8 Å². The molecule has 4 N–H and O–H groups in total. The van der Waals surface area contributed by atoms with Crippen molar-refractivity contribution >= 4 is 5.82 Å². The van der Waals surface area contributed by atoms with Crippen molar-refractivity contribution in [2.45, 2.75) is 44.4 Å². The van der Waals surface area contributed by atoms with Crippen molar-refractivity contribution in [1.29, 1.82) is 0 Å². The summed E-state index contributed by atoms with van der Waals surface area (Å²) >= 11 is 0. The molecule has 5 nitrogen and oxygen atoms in total. The van der Waals surface area contributed by atoms with Crippen LogP contribution in [0.3, 0.4) is 0 Å². The number of hydrazine groups is 1. The van der Waals surface area contributed by atoms with Gasteiger partial charge in [0.25, 0.3) is 0 Å². The van der Waals surface area contributed by atoms with Gasteiger partial charge in [0.2, 0.25) is 0 Å². The van der Waals surface area contributed by atoms with Gasteiger partial charge in [-0.3, -0.25) is 4.90 Å². The zero-order valence-corrected chi connectivity index (χ0v) is 10.8. The number of aromatic nitrogens is 1. The highest BCUT2D eigenvalue weighted by atomic mass is 16.3. The van der Waals surface area contributed by atoms with Crippen LogP contribution >= 0.6 is 0 Å². The number of nitrogens with one attached hydrogen (secondary N) is 1. The number of aliphatic hydroxyl groups excluding tert-OH is 1. The second-order valence-electron chi connectivity index (χ2n) is 5.03. The lowest BCUT2D eigenvalue weighted by Gasteiger charge is -2.35. The summed E-state index contributed by atoms with van der Waals surface area (Å²) in [5, 5.41) is 10.0. The van der Waals surface area contributed by atoms with Crippen LogP contribution in [0.1, 0.15) is 31.2 Å². The van der Waals surface area contributed by atoms with Gasteiger partial charge in [0, 0.05) is 18.8 Å². The quantitative estimate of drug-likeness (QED) is 0.551. The van der Waals surface area contributed by atoms with Crippen molar-refractivity contribution in [1.82, 2.24) is 9.88 Å². The average molecular weight is 250 g/mol. The van der Waals surface area contributed by atoms with E-state index in [-0.39, 0.29) is 12.1 Å². The van der Waals surface area contributed by atoms with Crippen LogP contribution < -0.4 is 11.3 Å². The van der Waals surface area contributed by atoms with Crippen LogP contribution in [0.25, 0.3) is 0 Å². The summed E-state index contributed by atoms with van der Waals surface area (Å²) in [6.45, 7) is 0.804. The minimum atomic E-state index is -0.197. The van der Waals surface area contributed by atoms with Gasteiger partial charge in [-0.2, -0.15) is 0 Å². The molecule has 0 aromatic carbocycles. The summed E-state index contributed by atoms with van der Waals surface area (Å²) in [6.07, 6.45) is 5.89. The Morgan fingerprint density at radius 3 is 3.00 bits per heavy atom. The fourth-order valence-corrected chi connectivity index (χ4v) is 2.66. The van der Waals surface area contributed by atoms with E-state index in [1.54, 1.807) is 6.20 Å². The third-order valence-corrected chi connectivity index (χ3v) is 3.66. The lowest BCUT2D eigenvalue weighted by Crippen LogP contribution is -2.42. The molecule has 0 bridgehead atoms. The van der Waals surface area contributed by atoms with Crippen LogP contribution in [0.4, 0.5) is 5.82 Å². The van der Waals surface area contributed by atoms with Crippen molar-refractivity contribution < 1.29 is 5.11 Å². The van der Waals surface area contributed by atoms with E-state index >= 15 is 0 Å². The molecule has 0 spiro atoms. The van der Waals surface area contributed by atoms with Crippen molar-refractivity contribution in [3.05, 3.63) is 23.9 Å². The first-order chi connectivity index (χ1) is 8.70. The molecule has 2 unspecified atom stereocenters. The van der Waals surface area contributed by atoms with E-state index in [2.05, 4.69) is 22.4 Å². The summed E-state index contributed by atoms with van der Waals surface area (Å²) in [7, 11) is 2.06. The summed E-state index contributed by atoms with van der Waals surface area (Å²) in [4.78, 5) is 6.31. The predicted octanol–water partition coefficient (Wildman–Crippen LogP) is 1.10. The van der Waals surface area contributed by atoms with E-state index < -0.39 is 0 Å². The number of rotatable bonds is 4. The number of nitrogen functional groups attached to an aromatic ring is 1. The molecule has 1 aliphatic carbocycles. The van der Waals surface area contributed by atoms with Crippen LogP contribution in [-0.2, 0) is 6.54 Å². The first kappa shape index (κ1) is 13.3. The third-order valence-electron chi connectivity index (χ3n) is 3.66. The van der Waals surface area contributed by atoms with Crippen LogP contribution in [0, 0.1) is 0 Å². The van der Waals surface area contributed by atoms with Gasteiger partial charge in [-0.05, 0) is 37.6 Å². The average Bonchev–Trinajstić information content (AvgIpc) is 2.39. The number of aliphatic hydroxyl groups is 1. The highest BCUT2D eigenvalue weighted by Crippen LogP contribution is 2.23. The molecule has 1 heterocycles. The number of hydrogen-bond donors (Lipinski definition) is 3. The molecular weight excluding hydrogens is 228 g/mol. The van der Waals surface area contributed by atoms with Gasteiger partial charge in [-0.15, -0.1) is 0 Å². The molecule has 2 rings (SSSR count). The fraction of sp³-hybridized carbons (Fsp3) is 0.615. The van der Waals surface area contributed by atoms with Crippen molar-refractivity contribution in [2.24, 2.45) is 5.84 Å².